The van der Waals surface area contributed by atoms with Crippen LogP contribution in [0.15, 0.2) is 24.3 Å². The van der Waals surface area contributed by atoms with Gasteiger partial charge in [-0.05, 0) is 39.8 Å². The molecule has 0 fully saturated rings. The highest BCUT2D eigenvalue weighted by Gasteiger charge is 2.25. The van der Waals surface area contributed by atoms with Crippen molar-refractivity contribution in [3.63, 3.8) is 0 Å². The molecule has 7 heteroatoms. The molecule has 0 saturated carbocycles. The van der Waals surface area contributed by atoms with E-state index in [1.807, 2.05) is 35.6 Å². The van der Waals surface area contributed by atoms with E-state index in [2.05, 4.69) is 26.1 Å². The molecule has 1 amide bonds. The lowest BCUT2D eigenvalue weighted by Crippen LogP contribution is -2.27. The summed E-state index contributed by atoms with van der Waals surface area (Å²) in [5.74, 6) is 1.66. The quantitative estimate of drug-likeness (QED) is 0.727. The molecule has 0 radical (unpaired) electrons. The van der Waals surface area contributed by atoms with Crippen LogP contribution in [0.25, 0.3) is 16.2 Å². The number of benzene rings is 1. The van der Waals surface area contributed by atoms with Gasteiger partial charge in [-0.3, -0.25) is 9.20 Å². The van der Waals surface area contributed by atoms with Gasteiger partial charge in [0, 0.05) is 30.9 Å². The highest BCUT2D eigenvalue weighted by molar-refractivity contribution is 7.19. The monoisotopic (exact) mass is 386 g/mol. The van der Waals surface area contributed by atoms with Gasteiger partial charge in [0.15, 0.2) is 4.96 Å². The zero-order chi connectivity index (χ0) is 19.9. The van der Waals surface area contributed by atoms with Gasteiger partial charge in [-0.1, -0.05) is 23.5 Å². The molecule has 3 rings (SSSR count). The van der Waals surface area contributed by atoms with Crippen LogP contribution in [-0.4, -0.2) is 46.9 Å². The summed E-state index contributed by atoms with van der Waals surface area (Å²) >= 11 is 1.42. The van der Waals surface area contributed by atoms with Crippen molar-refractivity contribution in [1.82, 2.24) is 14.3 Å². The Bertz CT molecular complexity index is 995. The summed E-state index contributed by atoms with van der Waals surface area (Å²) in [6.45, 7) is 8.28. The molecule has 0 bridgehead atoms. The molecule has 1 N–H and O–H groups in total. The van der Waals surface area contributed by atoms with Crippen molar-refractivity contribution in [2.45, 2.75) is 33.2 Å². The number of methoxy groups -OCH3 is 1. The lowest BCUT2D eigenvalue weighted by Gasteiger charge is -2.23. The molecule has 2 aromatic heterocycles. The van der Waals surface area contributed by atoms with Gasteiger partial charge in [-0.15, -0.1) is 0 Å². The SMILES string of the molecule is COc1cccc(-c2nc3sc(C(=O)N(C)C)c(C)n3c2NC(C)(C)C)c1. The number of rotatable bonds is 4. The van der Waals surface area contributed by atoms with Crippen LogP contribution in [0.5, 0.6) is 5.75 Å². The standard InChI is InChI=1S/C20H26N4O2S/c1-12-16(18(25)23(5)6)27-19-21-15(13-9-8-10-14(11-13)26-7)17(24(12)19)22-20(2,3)4/h8-11,22H,1-7H3. The molecule has 0 aliphatic heterocycles. The third-order valence-electron chi connectivity index (χ3n) is 4.14. The number of fused-ring (bicyclic) bond motifs is 1. The average molecular weight is 387 g/mol. The minimum Gasteiger partial charge on any atom is -0.497 e. The molecule has 27 heavy (non-hydrogen) atoms. The Morgan fingerprint density at radius 3 is 2.59 bits per heavy atom. The fourth-order valence-electron chi connectivity index (χ4n) is 2.89. The molecule has 2 heterocycles. The van der Waals surface area contributed by atoms with Gasteiger partial charge >= 0.3 is 0 Å². The van der Waals surface area contributed by atoms with Crippen LogP contribution in [0.1, 0.15) is 36.1 Å². The second-order valence-electron chi connectivity index (χ2n) is 7.75. The third-order valence-corrected chi connectivity index (χ3v) is 5.27. The first-order valence-corrected chi connectivity index (χ1v) is 9.60. The zero-order valence-corrected chi connectivity index (χ0v) is 17.7. The van der Waals surface area contributed by atoms with Crippen LogP contribution >= 0.6 is 11.3 Å². The van der Waals surface area contributed by atoms with Crippen molar-refractivity contribution in [3.05, 3.63) is 34.8 Å². The summed E-state index contributed by atoms with van der Waals surface area (Å²) in [6.07, 6.45) is 0. The lowest BCUT2D eigenvalue weighted by molar-refractivity contribution is 0.0831. The maximum absolute atomic E-state index is 12.5. The predicted octanol–water partition coefficient (Wildman–Crippen LogP) is 4.29. The largest absolute Gasteiger partial charge is 0.497 e. The van der Waals surface area contributed by atoms with Gasteiger partial charge in [-0.25, -0.2) is 4.98 Å². The smallest absolute Gasteiger partial charge is 0.265 e. The summed E-state index contributed by atoms with van der Waals surface area (Å²) in [4.78, 5) is 20.5. The number of amides is 1. The molecule has 0 aliphatic carbocycles. The number of carbonyl (C=O) groups excluding carboxylic acids is 1. The Morgan fingerprint density at radius 1 is 1.30 bits per heavy atom. The number of imidazole rings is 1. The number of ether oxygens (including phenoxy) is 1. The molecule has 0 aliphatic rings. The van der Waals surface area contributed by atoms with Gasteiger partial charge in [0.1, 0.15) is 22.1 Å². The van der Waals surface area contributed by atoms with Gasteiger partial charge < -0.3 is 15.0 Å². The molecule has 0 spiro atoms. The third kappa shape index (κ3) is 3.64. The number of carbonyl (C=O) groups is 1. The normalized spacial score (nSPS) is 11.7. The van der Waals surface area contributed by atoms with Crippen molar-refractivity contribution >= 4 is 28.0 Å². The summed E-state index contributed by atoms with van der Waals surface area (Å²) in [7, 11) is 5.18. The van der Waals surface area contributed by atoms with E-state index in [0.717, 1.165) is 33.5 Å². The number of aromatic nitrogens is 2. The first-order chi connectivity index (χ1) is 12.6. The van der Waals surface area contributed by atoms with Crippen LogP contribution in [0, 0.1) is 6.92 Å². The van der Waals surface area contributed by atoms with Gasteiger partial charge in [0.05, 0.1) is 7.11 Å². The molecule has 3 aromatic rings. The molecule has 144 valence electrons. The van der Waals surface area contributed by atoms with Crippen molar-refractivity contribution in [3.8, 4) is 17.0 Å². The fraction of sp³-hybridized carbons (Fsp3) is 0.400. The predicted molar refractivity (Wildman–Crippen MR) is 111 cm³/mol. The first-order valence-electron chi connectivity index (χ1n) is 8.78. The van der Waals surface area contributed by atoms with Gasteiger partial charge in [0.25, 0.3) is 5.91 Å². The number of hydrogen-bond donors (Lipinski definition) is 1. The molecule has 0 unspecified atom stereocenters. The highest BCUT2D eigenvalue weighted by atomic mass is 32.1. The van der Waals surface area contributed by atoms with Crippen LogP contribution in [0.2, 0.25) is 0 Å². The van der Waals surface area contributed by atoms with E-state index in [-0.39, 0.29) is 11.4 Å². The summed E-state index contributed by atoms with van der Waals surface area (Å²) in [6, 6.07) is 7.86. The second-order valence-corrected chi connectivity index (χ2v) is 8.73. The number of hydrogen-bond acceptors (Lipinski definition) is 5. The topological polar surface area (TPSA) is 58.9 Å². The maximum atomic E-state index is 12.5. The van der Waals surface area contributed by atoms with Gasteiger partial charge in [-0.2, -0.15) is 0 Å². The van der Waals surface area contributed by atoms with Crippen molar-refractivity contribution in [1.29, 1.82) is 0 Å². The Balaban J connectivity index is 2.25. The number of aryl methyl sites for hydroxylation is 1. The van der Waals surface area contributed by atoms with Crippen LogP contribution < -0.4 is 10.1 Å². The summed E-state index contributed by atoms with van der Waals surface area (Å²) in [5.41, 5.74) is 2.55. The molecule has 0 atom stereocenters. The second kappa shape index (κ2) is 6.88. The Kier molecular flexibility index (Phi) is 4.90. The van der Waals surface area contributed by atoms with E-state index in [4.69, 9.17) is 9.72 Å². The fourth-order valence-corrected chi connectivity index (χ4v) is 4.04. The first kappa shape index (κ1) is 19.2. The lowest BCUT2D eigenvalue weighted by atomic mass is 10.1. The Hall–Kier alpha value is -2.54. The Labute approximate surface area is 163 Å². The van der Waals surface area contributed by atoms with Gasteiger partial charge in [0.2, 0.25) is 0 Å². The Morgan fingerprint density at radius 2 is 2.00 bits per heavy atom. The van der Waals surface area contributed by atoms with Crippen LogP contribution in [0.4, 0.5) is 5.82 Å². The van der Waals surface area contributed by atoms with E-state index in [9.17, 15) is 4.79 Å². The zero-order valence-electron chi connectivity index (χ0n) is 16.9. The molecular formula is C20H26N4O2S. The minimum absolute atomic E-state index is 0.00682. The summed E-state index contributed by atoms with van der Waals surface area (Å²) < 4.78 is 7.41. The molecular weight excluding hydrogens is 360 g/mol. The number of nitrogens with zero attached hydrogens (tertiary/aromatic N) is 3. The van der Waals surface area contributed by atoms with Crippen LogP contribution in [0.3, 0.4) is 0 Å². The van der Waals surface area contributed by atoms with Crippen molar-refractivity contribution in [2.75, 3.05) is 26.5 Å². The number of thiazole rings is 1. The van der Waals surface area contributed by atoms with E-state index in [1.165, 1.54) is 11.3 Å². The highest BCUT2D eigenvalue weighted by Crippen LogP contribution is 2.37. The molecule has 0 saturated heterocycles. The van der Waals surface area contributed by atoms with E-state index < -0.39 is 0 Å². The van der Waals surface area contributed by atoms with Crippen molar-refractivity contribution in [2.24, 2.45) is 0 Å². The summed E-state index contributed by atoms with van der Waals surface area (Å²) in [5, 5.41) is 3.57. The van der Waals surface area contributed by atoms with Crippen molar-refractivity contribution < 1.29 is 9.53 Å². The molecule has 1 aromatic carbocycles. The number of anilines is 1. The number of nitrogens with one attached hydrogen (secondary N) is 1. The van der Waals surface area contributed by atoms with Crippen LogP contribution in [-0.2, 0) is 0 Å². The molecule has 6 nitrogen and oxygen atoms in total. The average Bonchev–Trinajstić information content (AvgIpc) is 3.10. The minimum atomic E-state index is -0.163. The van der Waals surface area contributed by atoms with E-state index >= 15 is 0 Å². The van der Waals surface area contributed by atoms with E-state index in [0.29, 0.717) is 4.88 Å². The van der Waals surface area contributed by atoms with E-state index in [1.54, 1.807) is 26.1 Å². The maximum Gasteiger partial charge on any atom is 0.265 e.